The first kappa shape index (κ1) is 23.5. The van der Waals surface area contributed by atoms with Crippen molar-refractivity contribution < 1.29 is 9.53 Å². The maximum Gasteiger partial charge on any atom is 0.254 e. The van der Waals surface area contributed by atoms with Crippen LogP contribution in [0.1, 0.15) is 57.6 Å². The van der Waals surface area contributed by atoms with Crippen LogP contribution in [0.25, 0.3) is 11.1 Å². The Labute approximate surface area is 216 Å². The molecule has 8 heteroatoms. The van der Waals surface area contributed by atoms with Crippen LogP contribution in [0.15, 0.2) is 49.1 Å². The lowest BCUT2D eigenvalue weighted by Gasteiger charge is -2.36. The number of amides is 1. The second-order valence-electron chi connectivity index (χ2n) is 10.2. The van der Waals surface area contributed by atoms with Gasteiger partial charge in [0, 0.05) is 62.1 Å². The highest BCUT2D eigenvalue weighted by Gasteiger charge is 2.42. The third-order valence-corrected chi connectivity index (χ3v) is 7.68. The Balaban J connectivity index is 1.45. The number of carbonyl (C=O) groups excluding carboxylic acids is 1. The molecule has 1 saturated carbocycles. The molecule has 8 nitrogen and oxygen atoms in total. The van der Waals surface area contributed by atoms with E-state index in [0.717, 1.165) is 70.0 Å². The van der Waals surface area contributed by atoms with E-state index in [2.05, 4.69) is 38.0 Å². The number of ether oxygens (including phenoxy) is 1. The molecule has 0 unspecified atom stereocenters. The molecule has 4 heterocycles. The summed E-state index contributed by atoms with van der Waals surface area (Å²) in [5, 5.41) is 4.59. The fourth-order valence-corrected chi connectivity index (χ4v) is 5.69. The zero-order valence-electron chi connectivity index (χ0n) is 21.8. The number of hydrogen-bond donors (Lipinski definition) is 0. The summed E-state index contributed by atoms with van der Waals surface area (Å²) in [6, 6.07) is 8.11. The zero-order chi connectivity index (χ0) is 25.7. The normalized spacial score (nSPS) is 16.1. The van der Waals surface area contributed by atoms with Gasteiger partial charge in [-0.2, -0.15) is 5.10 Å². The van der Waals surface area contributed by atoms with Gasteiger partial charge in [-0.3, -0.25) is 14.5 Å². The number of methoxy groups -OCH3 is 1. The third kappa shape index (κ3) is 4.30. The summed E-state index contributed by atoms with van der Waals surface area (Å²) in [5.41, 5.74) is 7.03. The molecule has 4 aromatic rings. The van der Waals surface area contributed by atoms with E-state index in [-0.39, 0.29) is 11.9 Å². The summed E-state index contributed by atoms with van der Waals surface area (Å²) in [6.07, 6.45) is 10.6. The van der Waals surface area contributed by atoms with Gasteiger partial charge in [-0.25, -0.2) is 4.98 Å². The summed E-state index contributed by atoms with van der Waals surface area (Å²) in [4.78, 5) is 25.3. The van der Waals surface area contributed by atoms with Crippen molar-refractivity contribution in [3.05, 3.63) is 83.0 Å². The Hall–Kier alpha value is -3.94. The number of carbonyl (C=O) groups is 1. The van der Waals surface area contributed by atoms with Crippen molar-refractivity contribution in [2.75, 3.05) is 13.7 Å². The highest BCUT2D eigenvalue weighted by Crippen LogP contribution is 2.46. The highest BCUT2D eigenvalue weighted by molar-refractivity contribution is 5.99. The lowest BCUT2D eigenvalue weighted by molar-refractivity contribution is 0.0627. The van der Waals surface area contributed by atoms with E-state index in [0.29, 0.717) is 19.0 Å². The van der Waals surface area contributed by atoms with Crippen molar-refractivity contribution in [2.24, 2.45) is 13.0 Å². The topological polar surface area (TPSA) is 78.1 Å². The number of rotatable bonds is 7. The minimum absolute atomic E-state index is 0.0427. The summed E-state index contributed by atoms with van der Waals surface area (Å²) >= 11 is 0. The lowest BCUT2D eigenvalue weighted by Crippen LogP contribution is -2.41. The minimum Gasteiger partial charge on any atom is -0.497 e. The number of hydrogen-bond acceptors (Lipinski definition) is 5. The first-order valence-corrected chi connectivity index (χ1v) is 12.9. The molecule has 190 valence electrons. The number of fused-ring (bicyclic) bond motifs is 1. The van der Waals surface area contributed by atoms with Crippen LogP contribution in [-0.4, -0.2) is 48.8 Å². The third-order valence-electron chi connectivity index (χ3n) is 7.68. The molecule has 0 bridgehead atoms. The van der Waals surface area contributed by atoms with Crippen LogP contribution in [0.3, 0.4) is 0 Å². The summed E-state index contributed by atoms with van der Waals surface area (Å²) in [7, 11) is 3.61. The maximum absolute atomic E-state index is 14.2. The van der Waals surface area contributed by atoms with Crippen molar-refractivity contribution in [3.8, 4) is 16.9 Å². The summed E-state index contributed by atoms with van der Waals surface area (Å²) in [6.45, 7) is 5.35. The van der Waals surface area contributed by atoms with Gasteiger partial charge in [0.05, 0.1) is 24.5 Å². The van der Waals surface area contributed by atoms with Crippen LogP contribution >= 0.6 is 0 Å². The smallest absolute Gasteiger partial charge is 0.254 e. The van der Waals surface area contributed by atoms with Gasteiger partial charge in [0.2, 0.25) is 0 Å². The Bertz CT molecular complexity index is 1480. The van der Waals surface area contributed by atoms with Gasteiger partial charge in [0.15, 0.2) is 0 Å². The number of imidazole rings is 1. The van der Waals surface area contributed by atoms with Crippen molar-refractivity contribution >= 4 is 5.91 Å². The van der Waals surface area contributed by atoms with Crippen LogP contribution in [0.2, 0.25) is 0 Å². The molecule has 37 heavy (non-hydrogen) atoms. The van der Waals surface area contributed by atoms with Crippen LogP contribution in [0, 0.1) is 19.8 Å². The SMILES string of the molecule is COc1ccnc([C@H](C2CC2)N2CCc3c(cc(Cn4ccnc4C)cc3-c3cn(C)nc3C)C2=O)c1. The zero-order valence-corrected chi connectivity index (χ0v) is 21.8. The number of benzene rings is 1. The Morgan fingerprint density at radius 3 is 2.57 bits per heavy atom. The van der Waals surface area contributed by atoms with E-state index in [9.17, 15) is 4.79 Å². The summed E-state index contributed by atoms with van der Waals surface area (Å²) < 4.78 is 9.43. The van der Waals surface area contributed by atoms with Gasteiger partial charge in [0.25, 0.3) is 5.91 Å². The second-order valence-corrected chi connectivity index (χ2v) is 10.2. The predicted molar refractivity (Wildman–Crippen MR) is 140 cm³/mol. The standard InChI is InChI=1S/C29H32N6O2/c1-18-26(17-33(3)32-18)24-13-20(16-34-12-10-30-19(34)2)14-25-23(24)8-11-35(29(25)36)28(21-5-6-21)27-15-22(37-4)7-9-31-27/h7,9-10,12-15,17,21,28H,5-6,8,11,16H2,1-4H3/t28-/m0/s1. The van der Waals surface area contributed by atoms with Gasteiger partial charge < -0.3 is 14.2 Å². The molecule has 0 saturated heterocycles. The molecule has 1 fully saturated rings. The van der Waals surface area contributed by atoms with E-state index in [1.54, 1.807) is 13.3 Å². The van der Waals surface area contributed by atoms with Gasteiger partial charge in [-0.05, 0) is 73.9 Å². The van der Waals surface area contributed by atoms with Gasteiger partial charge >= 0.3 is 0 Å². The van der Waals surface area contributed by atoms with Crippen LogP contribution in [0.4, 0.5) is 0 Å². The average molecular weight is 497 g/mol. The fourth-order valence-electron chi connectivity index (χ4n) is 5.69. The molecule has 1 aliphatic carbocycles. The Morgan fingerprint density at radius 1 is 1.08 bits per heavy atom. The molecular weight excluding hydrogens is 464 g/mol. The lowest BCUT2D eigenvalue weighted by atomic mass is 9.87. The van der Waals surface area contributed by atoms with E-state index in [4.69, 9.17) is 4.74 Å². The molecule has 3 aromatic heterocycles. The number of aryl methyl sites for hydroxylation is 3. The summed E-state index contributed by atoms with van der Waals surface area (Å²) in [5.74, 6) is 2.23. The number of pyridine rings is 1. The molecule has 6 rings (SSSR count). The van der Waals surface area contributed by atoms with Crippen molar-refractivity contribution in [1.82, 2.24) is 29.2 Å². The van der Waals surface area contributed by atoms with E-state index < -0.39 is 0 Å². The number of nitrogens with zero attached hydrogens (tertiary/aromatic N) is 6. The van der Waals surface area contributed by atoms with Crippen LogP contribution in [0.5, 0.6) is 5.75 Å². The van der Waals surface area contributed by atoms with E-state index in [1.807, 2.05) is 55.0 Å². The first-order chi connectivity index (χ1) is 17.9. The van der Waals surface area contributed by atoms with Crippen molar-refractivity contribution in [2.45, 2.75) is 45.7 Å². The molecule has 0 radical (unpaired) electrons. The Kier molecular flexibility index (Phi) is 5.82. The number of aromatic nitrogens is 5. The molecule has 1 atom stereocenters. The first-order valence-electron chi connectivity index (χ1n) is 12.9. The average Bonchev–Trinajstić information content (AvgIpc) is 3.56. The van der Waals surface area contributed by atoms with E-state index >= 15 is 0 Å². The van der Waals surface area contributed by atoms with Gasteiger partial charge in [0.1, 0.15) is 11.6 Å². The highest BCUT2D eigenvalue weighted by atomic mass is 16.5. The van der Waals surface area contributed by atoms with Gasteiger partial charge in [-0.1, -0.05) is 0 Å². The Morgan fingerprint density at radius 2 is 1.89 bits per heavy atom. The fraction of sp³-hybridized carbons (Fsp3) is 0.379. The minimum atomic E-state index is -0.0427. The monoisotopic (exact) mass is 496 g/mol. The van der Waals surface area contributed by atoms with E-state index in [1.165, 1.54) is 0 Å². The molecule has 1 amide bonds. The maximum atomic E-state index is 14.2. The predicted octanol–water partition coefficient (Wildman–Crippen LogP) is 4.50. The second kappa shape index (κ2) is 9.18. The van der Waals surface area contributed by atoms with Crippen molar-refractivity contribution in [3.63, 3.8) is 0 Å². The molecule has 0 N–H and O–H groups in total. The molecule has 2 aliphatic rings. The molecule has 1 aliphatic heterocycles. The van der Waals surface area contributed by atoms with Crippen LogP contribution in [-0.2, 0) is 20.0 Å². The van der Waals surface area contributed by atoms with Crippen LogP contribution < -0.4 is 4.74 Å². The molecule has 0 spiro atoms. The largest absolute Gasteiger partial charge is 0.497 e. The quantitative estimate of drug-likeness (QED) is 0.376. The van der Waals surface area contributed by atoms with Gasteiger partial charge in [-0.15, -0.1) is 0 Å². The molecular formula is C29H32N6O2. The van der Waals surface area contributed by atoms with Crippen molar-refractivity contribution in [1.29, 1.82) is 0 Å². The molecule has 1 aromatic carbocycles.